The Morgan fingerprint density at radius 1 is 1.38 bits per heavy atom. The molecule has 0 heterocycles. The molecule has 0 bridgehead atoms. The molecule has 6 heteroatoms. The third-order valence-corrected chi connectivity index (χ3v) is 2.64. The van der Waals surface area contributed by atoms with Crippen LogP contribution in [0.2, 0.25) is 0 Å². The average Bonchev–Trinajstić information content (AvgIpc) is 2.24. The zero-order valence-corrected chi connectivity index (χ0v) is 9.69. The van der Waals surface area contributed by atoms with Crippen molar-refractivity contribution >= 4 is 11.9 Å². The van der Waals surface area contributed by atoms with Crippen LogP contribution in [0.25, 0.3) is 0 Å². The van der Waals surface area contributed by atoms with Gasteiger partial charge in [0.1, 0.15) is 0 Å². The number of aliphatic hydroxyl groups is 1. The maximum Gasteiger partial charge on any atom is 0.305 e. The summed E-state index contributed by atoms with van der Waals surface area (Å²) in [6, 6.07) is -1.07. The normalized spacial score (nSPS) is 13.2. The fraction of sp³-hybridized carbons (Fsp3) is 0.800. The highest BCUT2D eigenvalue weighted by atomic mass is 16.4. The second-order valence-electron chi connectivity index (χ2n) is 3.85. The molecule has 0 aromatic rings. The van der Waals surface area contributed by atoms with E-state index in [4.69, 9.17) is 10.8 Å². The summed E-state index contributed by atoms with van der Waals surface area (Å²) in [5.41, 5.74) is 4.41. The number of rotatable bonds is 7. The van der Waals surface area contributed by atoms with Crippen LogP contribution < -0.4 is 11.1 Å². The molecule has 0 spiro atoms. The smallest absolute Gasteiger partial charge is 0.305 e. The van der Waals surface area contributed by atoms with Crippen molar-refractivity contribution in [3.05, 3.63) is 0 Å². The zero-order valence-electron chi connectivity index (χ0n) is 9.69. The van der Waals surface area contributed by atoms with Crippen molar-refractivity contribution in [2.24, 2.45) is 5.73 Å². The number of hydrogen-bond donors (Lipinski definition) is 4. The van der Waals surface area contributed by atoms with Crippen LogP contribution in [-0.2, 0) is 9.59 Å². The molecule has 0 saturated heterocycles. The monoisotopic (exact) mass is 232 g/mol. The van der Waals surface area contributed by atoms with Crippen molar-refractivity contribution in [3.8, 4) is 0 Å². The molecule has 1 amide bonds. The summed E-state index contributed by atoms with van der Waals surface area (Å²) in [6.45, 7) is 3.71. The Bertz CT molecular complexity index is 251. The molecule has 0 fully saturated rings. The van der Waals surface area contributed by atoms with Crippen molar-refractivity contribution in [1.29, 1.82) is 0 Å². The van der Waals surface area contributed by atoms with Gasteiger partial charge in [0.25, 0.3) is 0 Å². The highest BCUT2D eigenvalue weighted by molar-refractivity contribution is 5.85. The summed E-state index contributed by atoms with van der Waals surface area (Å²) in [7, 11) is 0. The molecule has 0 aliphatic rings. The lowest BCUT2D eigenvalue weighted by molar-refractivity contribution is -0.139. The lowest BCUT2D eigenvalue weighted by Gasteiger charge is -2.25. The largest absolute Gasteiger partial charge is 0.481 e. The lowest BCUT2D eigenvalue weighted by atomic mass is 9.97. The average molecular weight is 232 g/mol. The Morgan fingerprint density at radius 3 is 2.25 bits per heavy atom. The Balaban J connectivity index is 4.10. The van der Waals surface area contributed by atoms with Crippen LogP contribution in [0.1, 0.15) is 33.1 Å². The van der Waals surface area contributed by atoms with Crippen LogP contribution in [0, 0.1) is 0 Å². The molecule has 0 saturated carbocycles. The maximum absolute atomic E-state index is 11.3. The van der Waals surface area contributed by atoms with E-state index in [2.05, 4.69) is 5.32 Å². The summed E-state index contributed by atoms with van der Waals surface area (Å²) in [4.78, 5) is 21.7. The molecule has 0 aliphatic heterocycles. The number of amides is 1. The SMILES string of the molecule is CCC(O)(CC)CNC(=O)C(N)CC(=O)O. The quantitative estimate of drug-likeness (QED) is 0.470. The summed E-state index contributed by atoms with van der Waals surface area (Å²) in [6.07, 6.45) is 0.610. The van der Waals surface area contributed by atoms with Gasteiger partial charge in [-0.3, -0.25) is 9.59 Å². The maximum atomic E-state index is 11.3. The second kappa shape index (κ2) is 6.44. The first-order valence-corrected chi connectivity index (χ1v) is 5.32. The van der Waals surface area contributed by atoms with Gasteiger partial charge < -0.3 is 21.3 Å². The third-order valence-electron chi connectivity index (χ3n) is 2.64. The number of nitrogens with one attached hydrogen (secondary N) is 1. The van der Waals surface area contributed by atoms with E-state index in [-0.39, 0.29) is 6.54 Å². The summed E-state index contributed by atoms with van der Waals surface area (Å²) in [5, 5.41) is 20.8. The van der Waals surface area contributed by atoms with Gasteiger partial charge in [0.05, 0.1) is 18.1 Å². The number of carbonyl (C=O) groups is 2. The minimum Gasteiger partial charge on any atom is -0.481 e. The molecule has 94 valence electrons. The molecule has 6 nitrogen and oxygen atoms in total. The number of carboxylic acid groups (broad SMARTS) is 1. The summed E-state index contributed by atoms with van der Waals surface area (Å²) < 4.78 is 0. The van der Waals surface area contributed by atoms with E-state index in [0.717, 1.165) is 0 Å². The van der Waals surface area contributed by atoms with Crippen LogP contribution in [0.3, 0.4) is 0 Å². The number of aliphatic carboxylic acids is 1. The van der Waals surface area contributed by atoms with E-state index in [1.165, 1.54) is 0 Å². The Labute approximate surface area is 94.8 Å². The number of hydrogen-bond acceptors (Lipinski definition) is 4. The number of carboxylic acids is 1. The third kappa shape index (κ3) is 5.09. The fourth-order valence-corrected chi connectivity index (χ4v) is 1.16. The van der Waals surface area contributed by atoms with Gasteiger partial charge in [-0.25, -0.2) is 0 Å². The van der Waals surface area contributed by atoms with Crippen LogP contribution in [0.4, 0.5) is 0 Å². The first-order chi connectivity index (χ1) is 7.34. The van der Waals surface area contributed by atoms with Crippen molar-refractivity contribution < 1.29 is 19.8 Å². The Morgan fingerprint density at radius 2 is 1.88 bits per heavy atom. The summed E-state index contributed by atoms with van der Waals surface area (Å²) >= 11 is 0. The van der Waals surface area contributed by atoms with Crippen molar-refractivity contribution in [2.45, 2.75) is 44.8 Å². The molecule has 0 aliphatic carbocycles. The molecule has 5 N–H and O–H groups in total. The van der Waals surface area contributed by atoms with Gasteiger partial charge in [-0.05, 0) is 12.8 Å². The first kappa shape index (κ1) is 14.9. The number of nitrogens with two attached hydrogens (primary N) is 1. The van der Waals surface area contributed by atoms with Crippen molar-refractivity contribution in [2.75, 3.05) is 6.54 Å². The van der Waals surface area contributed by atoms with Crippen molar-refractivity contribution in [1.82, 2.24) is 5.32 Å². The van der Waals surface area contributed by atoms with Crippen LogP contribution >= 0.6 is 0 Å². The highest BCUT2D eigenvalue weighted by Gasteiger charge is 2.24. The minimum atomic E-state index is -1.12. The molecule has 0 aromatic heterocycles. The van der Waals surface area contributed by atoms with Gasteiger partial charge in [0.2, 0.25) is 5.91 Å². The van der Waals surface area contributed by atoms with Gasteiger partial charge in [-0.15, -0.1) is 0 Å². The minimum absolute atomic E-state index is 0.0894. The molecular weight excluding hydrogens is 212 g/mol. The predicted molar refractivity (Wildman–Crippen MR) is 58.8 cm³/mol. The molecular formula is C10H20N2O4. The Kier molecular flexibility index (Phi) is 5.98. The molecule has 1 unspecified atom stereocenters. The van der Waals surface area contributed by atoms with E-state index < -0.39 is 29.9 Å². The van der Waals surface area contributed by atoms with Crippen molar-refractivity contribution in [3.63, 3.8) is 0 Å². The number of carbonyl (C=O) groups excluding carboxylic acids is 1. The van der Waals surface area contributed by atoms with E-state index >= 15 is 0 Å². The molecule has 0 aromatic carbocycles. The van der Waals surface area contributed by atoms with E-state index in [1.807, 2.05) is 13.8 Å². The molecule has 16 heavy (non-hydrogen) atoms. The van der Waals surface area contributed by atoms with Gasteiger partial charge in [-0.1, -0.05) is 13.8 Å². The fourth-order valence-electron chi connectivity index (χ4n) is 1.16. The van der Waals surface area contributed by atoms with Gasteiger partial charge in [0.15, 0.2) is 0 Å². The van der Waals surface area contributed by atoms with Gasteiger partial charge in [-0.2, -0.15) is 0 Å². The zero-order chi connectivity index (χ0) is 12.8. The summed E-state index contributed by atoms with van der Waals surface area (Å²) in [5.74, 6) is -1.67. The van der Waals surface area contributed by atoms with Crippen LogP contribution in [0.15, 0.2) is 0 Å². The second-order valence-corrected chi connectivity index (χ2v) is 3.85. The highest BCUT2D eigenvalue weighted by Crippen LogP contribution is 2.12. The van der Waals surface area contributed by atoms with Crippen LogP contribution in [0.5, 0.6) is 0 Å². The standard InChI is InChI=1S/C10H20N2O4/c1-3-10(16,4-2)6-12-9(15)7(11)5-8(13)14/h7,16H,3-6,11H2,1-2H3,(H,12,15)(H,13,14). The predicted octanol–water partition coefficient (Wildman–Crippen LogP) is -0.544. The van der Waals surface area contributed by atoms with E-state index in [1.54, 1.807) is 0 Å². The topological polar surface area (TPSA) is 113 Å². The lowest BCUT2D eigenvalue weighted by Crippen LogP contribution is -2.48. The van der Waals surface area contributed by atoms with E-state index in [0.29, 0.717) is 12.8 Å². The van der Waals surface area contributed by atoms with Gasteiger partial charge in [0, 0.05) is 6.54 Å². The molecule has 1 atom stereocenters. The van der Waals surface area contributed by atoms with Gasteiger partial charge >= 0.3 is 5.97 Å². The van der Waals surface area contributed by atoms with Crippen LogP contribution in [-0.4, -0.2) is 40.3 Å². The Hall–Kier alpha value is -1.14. The molecule has 0 radical (unpaired) electrons. The van der Waals surface area contributed by atoms with E-state index in [9.17, 15) is 14.7 Å². The first-order valence-electron chi connectivity index (χ1n) is 5.32. The molecule has 0 rings (SSSR count).